The summed E-state index contributed by atoms with van der Waals surface area (Å²) in [5, 5.41) is 6.24. The second-order valence-corrected chi connectivity index (χ2v) is 4.45. The Hall–Kier alpha value is -1.32. The largest absolute Gasteiger partial charge is 0.373 e. The number of rotatable bonds is 3. The van der Waals surface area contributed by atoms with Gasteiger partial charge >= 0.3 is 0 Å². The average molecular weight is 194 g/mol. The molecule has 78 valence electrons. The average Bonchev–Trinajstić information content (AvgIpc) is 2.14. The van der Waals surface area contributed by atoms with Gasteiger partial charge in [0, 0.05) is 19.7 Å². The standard InChI is InChI=1S/C10H18N4/c1-10(2,3)6-12-9-5-8(11-4)13-7-14-9/h5,7H,6H2,1-4H3,(H2,11,12,13,14). The SMILES string of the molecule is CNc1cc(NCC(C)(C)C)ncn1. The first-order valence-corrected chi connectivity index (χ1v) is 4.75. The molecule has 14 heavy (non-hydrogen) atoms. The van der Waals surface area contributed by atoms with Crippen molar-refractivity contribution in [3.05, 3.63) is 12.4 Å². The molecule has 1 aromatic heterocycles. The maximum Gasteiger partial charge on any atom is 0.131 e. The van der Waals surface area contributed by atoms with Crippen molar-refractivity contribution in [2.75, 3.05) is 24.2 Å². The van der Waals surface area contributed by atoms with Crippen molar-refractivity contribution >= 4 is 11.6 Å². The molecule has 0 aromatic carbocycles. The van der Waals surface area contributed by atoms with Crippen LogP contribution in [-0.2, 0) is 0 Å². The molecule has 1 aromatic rings. The summed E-state index contributed by atoms with van der Waals surface area (Å²) in [5.41, 5.74) is 0.255. The summed E-state index contributed by atoms with van der Waals surface area (Å²) >= 11 is 0. The summed E-state index contributed by atoms with van der Waals surface area (Å²) in [5.74, 6) is 1.69. The summed E-state index contributed by atoms with van der Waals surface area (Å²) in [7, 11) is 1.84. The van der Waals surface area contributed by atoms with Crippen molar-refractivity contribution in [1.29, 1.82) is 0 Å². The molecule has 0 saturated carbocycles. The van der Waals surface area contributed by atoms with Crippen LogP contribution < -0.4 is 10.6 Å². The molecule has 0 aliphatic carbocycles. The van der Waals surface area contributed by atoms with Gasteiger partial charge in [-0.2, -0.15) is 0 Å². The zero-order valence-electron chi connectivity index (χ0n) is 9.26. The minimum Gasteiger partial charge on any atom is -0.373 e. The Labute approximate surface area is 85.2 Å². The van der Waals surface area contributed by atoms with E-state index in [2.05, 4.69) is 41.4 Å². The topological polar surface area (TPSA) is 49.8 Å². The molecule has 2 N–H and O–H groups in total. The van der Waals surface area contributed by atoms with E-state index in [9.17, 15) is 0 Å². The lowest BCUT2D eigenvalue weighted by atomic mass is 9.97. The van der Waals surface area contributed by atoms with Gasteiger partial charge in [0.25, 0.3) is 0 Å². The van der Waals surface area contributed by atoms with Crippen LogP contribution in [0, 0.1) is 5.41 Å². The van der Waals surface area contributed by atoms with Gasteiger partial charge in [0.05, 0.1) is 0 Å². The summed E-state index contributed by atoms with van der Waals surface area (Å²) in [6.07, 6.45) is 1.55. The van der Waals surface area contributed by atoms with E-state index in [1.165, 1.54) is 0 Å². The molecule has 0 aliphatic rings. The van der Waals surface area contributed by atoms with Crippen LogP contribution in [0.4, 0.5) is 11.6 Å². The molecule has 1 heterocycles. The van der Waals surface area contributed by atoms with E-state index < -0.39 is 0 Å². The first kappa shape index (κ1) is 10.8. The van der Waals surface area contributed by atoms with E-state index in [0.29, 0.717) is 0 Å². The second-order valence-electron chi connectivity index (χ2n) is 4.45. The van der Waals surface area contributed by atoms with Gasteiger partial charge in [0.1, 0.15) is 18.0 Å². The molecule has 0 aliphatic heterocycles. The quantitative estimate of drug-likeness (QED) is 0.772. The summed E-state index contributed by atoms with van der Waals surface area (Å²) in [6.45, 7) is 7.44. The van der Waals surface area contributed by atoms with Gasteiger partial charge in [-0.25, -0.2) is 9.97 Å². The van der Waals surface area contributed by atoms with E-state index in [1.54, 1.807) is 6.33 Å². The van der Waals surface area contributed by atoms with E-state index in [-0.39, 0.29) is 5.41 Å². The lowest BCUT2D eigenvalue weighted by Gasteiger charge is -2.19. The third kappa shape index (κ3) is 3.60. The Morgan fingerprint density at radius 1 is 1.21 bits per heavy atom. The number of nitrogens with one attached hydrogen (secondary N) is 2. The molecule has 0 saturated heterocycles. The number of anilines is 2. The van der Waals surface area contributed by atoms with Crippen LogP contribution in [0.15, 0.2) is 12.4 Å². The molecule has 1 rings (SSSR count). The van der Waals surface area contributed by atoms with Crippen molar-refractivity contribution in [3.63, 3.8) is 0 Å². The number of hydrogen-bond donors (Lipinski definition) is 2. The fourth-order valence-electron chi connectivity index (χ4n) is 0.946. The maximum absolute atomic E-state index is 4.13. The van der Waals surface area contributed by atoms with Gasteiger partial charge < -0.3 is 10.6 Å². The van der Waals surface area contributed by atoms with Gasteiger partial charge in [-0.3, -0.25) is 0 Å². The fourth-order valence-corrected chi connectivity index (χ4v) is 0.946. The summed E-state index contributed by atoms with van der Waals surface area (Å²) in [4.78, 5) is 8.17. The molecule has 0 atom stereocenters. The second kappa shape index (κ2) is 4.26. The third-order valence-corrected chi connectivity index (χ3v) is 1.72. The van der Waals surface area contributed by atoms with E-state index in [4.69, 9.17) is 0 Å². The third-order valence-electron chi connectivity index (χ3n) is 1.72. The molecule has 0 unspecified atom stereocenters. The van der Waals surface area contributed by atoms with Gasteiger partial charge in [0.15, 0.2) is 0 Å². The van der Waals surface area contributed by atoms with Gasteiger partial charge in [-0.15, -0.1) is 0 Å². The monoisotopic (exact) mass is 194 g/mol. The molecule has 0 spiro atoms. The van der Waals surface area contributed by atoms with Crippen molar-refractivity contribution < 1.29 is 0 Å². The molecule has 0 bridgehead atoms. The zero-order chi connectivity index (χ0) is 10.6. The van der Waals surface area contributed by atoms with Crippen LogP contribution in [0.1, 0.15) is 20.8 Å². The summed E-state index contributed by atoms with van der Waals surface area (Å²) in [6, 6.07) is 1.89. The van der Waals surface area contributed by atoms with Gasteiger partial charge in [0.2, 0.25) is 0 Å². The first-order valence-electron chi connectivity index (χ1n) is 4.75. The van der Waals surface area contributed by atoms with Gasteiger partial charge in [-0.05, 0) is 5.41 Å². The van der Waals surface area contributed by atoms with E-state index >= 15 is 0 Å². The highest BCUT2D eigenvalue weighted by atomic mass is 15.1. The summed E-state index contributed by atoms with van der Waals surface area (Å²) < 4.78 is 0. The predicted octanol–water partition coefficient (Wildman–Crippen LogP) is 1.98. The van der Waals surface area contributed by atoms with Crippen LogP contribution in [0.25, 0.3) is 0 Å². The van der Waals surface area contributed by atoms with Crippen LogP contribution >= 0.6 is 0 Å². The lowest BCUT2D eigenvalue weighted by Crippen LogP contribution is -2.19. The fraction of sp³-hybridized carbons (Fsp3) is 0.600. The highest BCUT2D eigenvalue weighted by Gasteiger charge is 2.09. The highest BCUT2D eigenvalue weighted by Crippen LogP contribution is 2.14. The predicted molar refractivity (Wildman–Crippen MR) is 59.5 cm³/mol. The Morgan fingerprint density at radius 2 is 1.86 bits per heavy atom. The van der Waals surface area contributed by atoms with E-state index in [0.717, 1.165) is 18.2 Å². The number of hydrogen-bond acceptors (Lipinski definition) is 4. The molecule has 0 amide bonds. The highest BCUT2D eigenvalue weighted by molar-refractivity contribution is 5.45. The van der Waals surface area contributed by atoms with Crippen LogP contribution in [0.5, 0.6) is 0 Å². The first-order chi connectivity index (χ1) is 6.51. The minimum absolute atomic E-state index is 0.255. The van der Waals surface area contributed by atoms with Crippen molar-refractivity contribution in [1.82, 2.24) is 9.97 Å². The van der Waals surface area contributed by atoms with Crippen LogP contribution in [0.2, 0.25) is 0 Å². The Kier molecular flexibility index (Phi) is 3.28. The van der Waals surface area contributed by atoms with Crippen LogP contribution in [-0.4, -0.2) is 23.6 Å². The Morgan fingerprint density at radius 3 is 2.43 bits per heavy atom. The van der Waals surface area contributed by atoms with Gasteiger partial charge in [-0.1, -0.05) is 20.8 Å². The molecule has 4 nitrogen and oxygen atoms in total. The molecular formula is C10H18N4. The van der Waals surface area contributed by atoms with Crippen molar-refractivity contribution in [2.24, 2.45) is 5.41 Å². The maximum atomic E-state index is 4.13. The van der Waals surface area contributed by atoms with Crippen molar-refractivity contribution in [3.8, 4) is 0 Å². The number of aromatic nitrogens is 2. The normalized spacial score (nSPS) is 11.1. The van der Waals surface area contributed by atoms with E-state index in [1.807, 2.05) is 13.1 Å². The molecule has 0 fully saturated rings. The Balaban J connectivity index is 2.59. The molecule has 4 heteroatoms. The lowest BCUT2D eigenvalue weighted by molar-refractivity contribution is 0.442. The molecular weight excluding hydrogens is 176 g/mol. The van der Waals surface area contributed by atoms with Crippen molar-refractivity contribution in [2.45, 2.75) is 20.8 Å². The number of nitrogens with zero attached hydrogens (tertiary/aromatic N) is 2. The zero-order valence-corrected chi connectivity index (χ0v) is 9.26. The smallest absolute Gasteiger partial charge is 0.131 e. The molecule has 0 radical (unpaired) electrons. The Bertz CT molecular complexity index is 290. The van der Waals surface area contributed by atoms with Crippen LogP contribution in [0.3, 0.4) is 0 Å². The minimum atomic E-state index is 0.255.